The number of allylic oxidation sites excluding steroid dienone is 2. The van der Waals surface area contributed by atoms with Crippen molar-refractivity contribution in [3.05, 3.63) is 11.1 Å². The second kappa shape index (κ2) is 3.86. The van der Waals surface area contributed by atoms with Gasteiger partial charge in [0.1, 0.15) is 6.10 Å². The summed E-state index contributed by atoms with van der Waals surface area (Å²) in [7, 11) is 0. The first-order valence-corrected chi connectivity index (χ1v) is 6.97. The lowest BCUT2D eigenvalue weighted by Gasteiger charge is -2.20. The van der Waals surface area contributed by atoms with E-state index in [0.29, 0.717) is 11.8 Å². The van der Waals surface area contributed by atoms with Crippen LogP contribution in [0.1, 0.15) is 46.5 Å². The monoisotopic (exact) mass is 234 g/mol. The van der Waals surface area contributed by atoms with E-state index in [2.05, 4.69) is 13.8 Å². The predicted molar refractivity (Wildman–Crippen MR) is 66.4 cm³/mol. The minimum absolute atomic E-state index is 0.0295. The molecule has 1 saturated heterocycles. The van der Waals surface area contributed by atoms with Gasteiger partial charge < -0.3 is 4.74 Å². The Balaban J connectivity index is 1.93. The lowest BCUT2D eigenvalue weighted by Crippen LogP contribution is -2.19. The van der Waals surface area contributed by atoms with Crippen LogP contribution in [0, 0.1) is 23.7 Å². The highest BCUT2D eigenvalue weighted by molar-refractivity contribution is 5.75. The van der Waals surface area contributed by atoms with Gasteiger partial charge in [-0.2, -0.15) is 0 Å². The van der Waals surface area contributed by atoms with Crippen molar-refractivity contribution in [2.45, 2.75) is 52.6 Å². The third-order valence-corrected chi connectivity index (χ3v) is 5.33. The topological polar surface area (TPSA) is 26.3 Å². The van der Waals surface area contributed by atoms with E-state index in [1.54, 1.807) is 11.1 Å². The third-order valence-electron chi connectivity index (χ3n) is 5.33. The van der Waals surface area contributed by atoms with E-state index < -0.39 is 0 Å². The molecule has 5 unspecified atom stereocenters. The van der Waals surface area contributed by atoms with Gasteiger partial charge in [-0.1, -0.05) is 25.0 Å². The van der Waals surface area contributed by atoms with Gasteiger partial charge in [-0.25, -0.2) is 0 Å². The number of hydrogen-bond donors (Lipinski definition) is 0. The van der Waals surface area contributed by atoms with E-state index in [1.807, 2.05) is 6.92 Å². The molecule has 2 aliphatic carbocycles. The van der Waals surface area contributed by atoms with Crippen molar-refractivity contribution in [2.75, 3.05) is 0 Å². The number of ether oxygens (including phenoxy) is 1. The Kier molecular flexibility index (Phi) is 2.57. The van der Waals surface area contributed by atoms with Crippen LogP contribution < -0.4 is 0 Å². The van der Waals surface area contributed by atoms with E-state index in [4.69, 9.17) is 4.74 Å². The van der Waals surface area contributed by atoms with E-state index in [-0.39, 0.29) is 18.0 Å². The van der Waals surface area contributed by atoms with Crippen LogP contribution in [-0.4, -0.2) is 12.1 Å². The minimum Gasteiger partial charge on any atom is -0.462 e. The van der Waals surface area contributed by atoms with Gasteiger partial charge in [0.25, 0.3) is 0 Å². The summed E-state index contributed by atoms with van der Waals surface area (Å²) >= 11 is 0. The average molecular weight is 234 g/mol. The van der Waals surface area contributed by atoms with Gasteiger partial charge in [-0.3, -0.25) is 4.79 Å². The molecule has 2 heteroatoms. The Hall–Kier alpha value is -0.790. The molecule has 0 amide bonds. The quantitative estimate of drug-likeness (QED) is 0.475. The van der Waals surface area contributed by atoms with Gasteiger partial charge in [-0.05, 0) is 44.4 Å². The molecular formula is C15H22O2. The van der Waals surface area contributed by atoms with Crippen molar-refractivity contribution in [3.8, 4) is 0 Å². The van der Waals surface area contributed by atoms with Gasteiger partial charge in [0.05, 0.1) is 5.92 Å². The molecule has 0 spiro atoms. The van der Waals surface area contributed by atoms with Gasteiger partial charge in [0.15, 0.2) is 0 Å². The van der Waals surface area contributed by atoms with Gasteiger partial charge in [0, 0.05) is 5.92 Å². The fourth-order valence-electron chi connectivity index (χ4n) is 4.13. The van der Waals surface area contributed by atoms with Crippen LogP contribution in [0.4, 0.5) is 0 Å². The summed E-state index contributed by atoms with van der Waals surface area (Å²) in [6.07, 6.45) is 4.97. The molecule has 5 atom stereocenters. The predicted octanol–water partition coefficient (Wildman–Crippen LogP) is 3.32. The zero-order valence-electron chi connectivity index (χ0n) is 11.0. The van der Waals surface area contributed by atoms with E-state index >= 15 is 0 Å². The molecule has 17 heavy (non-hydrogen) atoms. The van der Waals surface area contributed by atoms with Crippen molar-refractivity contribution in [1.82, 2.24) is 0 Å². The van der Waals surface area contributed by atoms with Crippen LogP contribution >= 0.6 is 0 Å². The Morgan fingerprint density at radius 1 is 1.29 bits per heavy atom. The summed E-state index contributed by atoms with van der Waals surface area (Å²) in [5.41, 5.74) is 3.25. The molecule has 0 aromatic heterocycles. The van der Waals surface area contributed by atoms with E-state index in [9.17, 15) is 4.79 Å². The number of hydrogen-bond acceptors (Lipinski definition) is 2. The van der Waals surface area contributed by atoms with Crippen LogP contribution in [-0.2, 0) is 9.53 Å². The first-order valence-electron chi connectivity index (χ1n) is 6.97. The maximum absolute atomic E-state index is 11.7. The van der Waals surface area contributed by atoms with Crippen molar-refractivity contribution in [2.24, 2.45) is 23.7 Å². The third kappa shape index (κ3) is 1.64. The van der Waals surface area contributed by atoms with Gasteiger partial charge in [0.2, 0.25) is 0 Å². The van der Waals surface area contributed by atoms with Crippen LogP contribution in [0.2, 0.25) is 0 Å². The van der Waals surface area contributed by atoms with Crippen LogP contribution in [0.25, 0.3) is 0 Å². The molecule has 1 saturated carbocycles. The molecule has 0 aromatic carbocycles. The van der Waals surface area contributed by atoms with Crippen molar-refractivity contribution in [3.63, 3.8) is 0 Å². The smallest absolute Gasteiger partial charge is 0.309 e. The molecule has 2 nitrogen and oxygen atoms in total. The Labute approximate surface area is 103 Å². The summed E-state index contributed by atoms with van der Waals surface area (Å²) < 4.78 is 5.57. The Morgan fingerprint density at radius 2 is 2.06 bits per heavy atom. The van der Waals surface area contributed by atoms with Crippen molar-refractivity contribution >= 4 is 5.97 Å². The molecule has 0 aromatic rings. The molecule has 0 radical (unpaired) electrons. The number of fused-ring (bicyclic) bond motifs is 2. The maximum atomic E-state index is 11.7. The molecule has 1 aliphatic heterocycles. The van der Waals surface area contributed by atoms with E-state index in [1.165, 1.54) is 12.8 Å². The highest BCUT2D eigenvalue weighted by atomic mass is 16.6. The standard InChI is InChI=1S/C15H22O2/c1-8-4-5-11-9(2)6-14-13(7-12(8)11)10(3)15(16)17-14/h9-11,13-14H,4-7H2,1-3H3. The molecular weight excluding hydrogens is 212 g/mol. The SMILES string of the molecule is CC1=C2CC3C(CC(C)C2CC1)OC(=O)C3C. The van der Waals surface area contributed by atoms with E-state index in [0.717, 1.165) is 18.8 Å². The first kappa shape index (κ1) is 11.3. The zero-order chi connectivity index (χ0) is 12.2. The minimum atomic E-state index is 0.0295. The summed E-state index contributed by atoms with van der Waals surface area (Å²) in [5.74, 6) is 2.02. The highest BCUT2D eigenvalue weighted by Crippen LogP contribution is 2.49. The maximum Gasteiger partial charge on any atom is 0.309 e. The van der Waals surface area contributed by atoms with Crippen molar-refractivity contribution in [1.29, 1.82) is 0 Å². The number of carbonyl (C=O) groups excluding carboxylic acids is 1. The highest BCUT2D eigenvalue weighted by Gasteiger charge is 2.47. The first-order chi connectivity index (χ1) is 8.08. The van der Waals surface area contributed by atoms with Gasteiger partial charge >= 0.3 is 5.97 Å². The normalized spacial score (nSPS) is 45.4. The van der Waals surface area contributed by atoms with Crippen LogP contribution in [0.5, 0.6) is 0 Å². The summed E-state index contributed by atoms with van der Waals surface area (Å²) in [6.45, 7) is 6.66. The van der Waals surface area contributed by atoms with Crippen LogP contribution in [0.3, 0.4) is 0 Å². The fraction of sp³-hybridized carbons (Fsp3) is 0.800. The second-order valence-electron chi connectivity index (χ2n) is 6.30. The lowest BCUT2D eigenvalue weighted by atomic mass is 9.85. The molecule has 94 valence electrons. The summed E-state index contributed by atoms with van der Waals surface area (Å²) in [4.78, 5) is 11.7. The average Bonchev–Trinajstić information content (AvgIpc) is 2.71. The van der Waals surface area contributed by atoms with Crippen LogP contribution in [0.15, 0.2) is 11.1 Å². The molecule has 0 bridgehead atoms. The number of carbonyl (C=O) groups is 1. The molecule has 3 rings (SSSR count). The Bertz CT molecular complexity index is 382. The Morgan fingerprint density at radius 3 is 2.82 bits per heavy atom. The lowest BCUT2D eigenvalue weighted by molar-refractivity contribution is -0.144. The zero-order valence-corrected chi connectivity index (χ0v) is 11.0. The summed E-state index contributed by atoms with van der Waals surface area (Å²) in [6, 6.07) is 0. The van der Waals surface area contributed by atoms with Gasteiger partial charge in [-0.15, -0.1) is 0 Å². The van der Waals surface area contributed by atoms with Crippen molar-refractivity contribution < 1.29 is 9.53 Å². The molecule has 3 aliphatic rings. The molecule has 0 N–H and O–H groups in total. The number of esters is 1. The molecule has 2 fully saturated rings. The second-order valence-corrected chi connectivity index (χ2v) is 6.30. The largest absolute Gasteiger partial charge is 0.462 e. The summed E-state index contributed by atoms with van der Waals surface area (Å²) in [5, 5.41) is 0. The molecule has 1 heterocycles. The number of rotatable bonds is 0. The fourth-order valence-corrected chi connectivity index (χ4v) is 4.13.